The lowest BCUT2D eigenvalue weighted by molar-refractivity contribution is 0.0735. The first kappa shape index (κ1) is 15.2. The van der Waals surface area contributed by atoms with Crippen LogP contribution in [0.25, 0.3) is 10.9 Å². The molecule has 0 aliphatic rings. The van der Waals surface area contributed by atoms with E-state index in [2.05, 4.69) is 4.98 Å². The second kappa shape index (κ2) is 5.83. The van der Waals surface area contributed by atoms with E-state index in [-0.39, 0.29) is 11.5 Å². The summed E-state index contributed by atoms with van der Waals surface area (Å²) in [5, 5.41) is 0.925. The van der Waals surface area contributed by atoms with Gasteiger partial charge in [-0.15, -0.1) is 0 Å². The molecule has 0 fully saturated rings. The van der Waals surface area contributed by atoms with Crippen molar-refractivity contribution in [2.75, 3.05) is 7.05 Å². The zero-order valence-corrected chi connectivity index (χ0v) is 12.8. The maximum atomic E-state index is 13.9. The Bertz CT molecular complexity index is 839. The van der Waals surface area contributed by atoms with Gasteiger partial charge in [0.15, 0.2) is 0 Å². The molecule has 3 aromatic rings. The average Bonchev–Trinajstić information content (AvgIpc) is 2.99. The van der Waals surface area contributed by atoms with Crippen molar-refractivity contribution in [2.24, 2.45) is 0 Å². The van der Waals surface area contributed by atoms with E-state index in [1.165, 1.54) is 4.90 Å². The van der Waals surface area contributed by atoms with Crippen LogP contribution in [-0.4, -0.2) is 22.8 Å². The Hall–Kier alpha value is -2.69. The molecule has 0 saturated heterocycles. The van der Waals surface area contributed by atoms with Crippen molar-refractivity contribution >= 4 is 16.8 Å². The molecule has 1 atom stereocenters. The molecule has 0 aliphatic carbocycles. The van der Waals surface area contributed by atoms with Crippen molar-refractivity contribution in [1.29, 1.82) is 0 Å². The van der Waals surface area contributed by atoms with E-state index in [1.807, 2.05) is 24.3 Å². The Kier molecular flexibility index (Phi) is 3.86. The summed E-state index contributed by atoms with van der Waals surface area (Å²) in [6, 6.07) is 12.0. The van der Waals surface area contributed by atoms with E-state index in [1.54, 1.807) is 20.0 Å². The molecule has 1 aromatic heterocycles. The second-order valence-corrected chi connectivity index (χ2v) is 5.53. The SMILES string of the molecule is CC(c1cc(F)ccc1F)N(C)C(=O)c1cc2ccccc2[nH]1. The molecule has 118 valence electrons. The van der Waals surface area contributed by atoms with Crippen LogP contribution in [0, 0.1) is 11.6 Å². The van der Waals surface area contributed by atoms with Gasteiger partial charge in [0.1, 0.15) is 17.3 Å². The lowest BCUT2D eigenvalue weighted by Crippen LogP contribution is -2.30. The van der Waals surface area contributed by atoms with Gasteiger partial charge in [0.2, 0.25) is 0 Å². The molecule has 23 heavy (non-hydrogen) atoms. The van der Waals surface area contributed by atoms with Gasteiger partial charge in [-0.3, -0.25) is 4.79 Å². The first-order valence-electron chi connectivity index (χ1n) is 7.27. The van der Waals surface area contributed by atoms with Gasteiger partial charge >= 0.3 is 0 Å². The zero-order valence-electron chi connectivity index (χ0n) is 12.8. The third kappa shape index (κ3) is 2.82. The highest BCUT2D eigenvalue weighted by Gasteiger charge is 2.23. The third-order valence-corrected chi connectivity index (χ3v) is 4.07. The first-order chi connectivity index (χ1) is 11.0. The third-order valence-electron chi connectivity index (χ3n) is 4.07. The van der Waals surface area contributed by atoms with E-state index in [9.17, 15) is 13.6 Å². The lowest BCUT2D eigenvalue weighted by Gasteiger charge is -2.25. The molecule has 0 aliphatic heterocycles. The number of para-hydroxylation sites is 1. The molecule has 3 rings (SSSR count). The van der Waals surface area contributed by atoms with Gasteiger partial charge in [0.05, 0.1) is 6.04 Å². The van der Waals surface area contributed by atoms with Crippen LogP contribution in [0.1, 0.15) is 29.0 Å². The summed E-state index contributed by atoms with van der Waals surface area (Å²) in [6.07, 6.45) is 0. The number of aromatic nitrogens is 1. The highest BCUT2D eigenvalue weighted by atomic mass is 19.1. The number of nitrogens with one attached hydrogen (secondary N) is 1. The zero-order chi connectivity index (χ0) is 16.6. The van der Waals surface area contributed by atoms with Crippen LogP contribution < -0.4 is 0 Å². The van der Waals surface area contributed by atoms with E-state index < -0.39 is 17.7 Å². The summed E-state index contributed by atoms with van der Waals surface area (Å²) in [6.45, 7) is 1.67. The monoisotopic (exact) mass is 314 g/mol. The molecule has 5 heteroatoms. The standard InChI is InChI=1S/C18H16F2N2O/c1-11(14-10-13(19)7-8-15(14)20)22(2)18(23)17-9-12-5-3-4-6-16(12)21-17/h3-11,21H,1-2H3. The number of H-pyrrole nitrogens is 1. The van der Waals surface area contributed by atoms with Gasteiger partial charge in [-0.25, -0.2) is 8.78 Å². The van der Waals surface area contributed by atoms with E-state index >= 15 is 0 Å². The van der Waals surface area contributed by atoms with Crippen molar-refractivity contribution in [3.8, 4) is 0 Å². The summed E-state index contributed by atoms with van der Waals surface area (Å²) < 4.78 is 27.3. The van der Waals surface area contributed by atoms with E-state index in [4.69, 9.17) is 0 Å². The van der Waals surface area contributed by atoms with Crippen molar-refractivity contribution in [3.63, 3.8) is 0 Å². The number of benzene rings is 2. The topological polar surface area (TPSA) is 36.1 Å². The molecule has 1 amide bonds. The first-order valence-corrected chi connectivity index (χ1v) is 7.27. The highest BCUT2D eigenvalue weighted by molar-refractivity contribution is 5.98. The minimum absolute atomic E-state index is 0.150. The smallest absolute Gasteiger partial charge is 0.270 e. The summed E-state index contributed by atoms with van der Waals surface area (Å²) in [4.78, 5) is 17.0. The van der Waals surface area contributed by atoms with Gasteiger partial charge in [-0.2, -0.15) is 0 Å². The van der Waals surface area contributed by atoms with Crippen molar-refractivity contribution in [1.82, 2.24) is 9.88 Å². The number of hydrogen-bond donors (Lipinski definition) is 1. The largest absolute Gasteiger partial charge is 0.351 e. The van der Waals surface area contributed by atoms with Crippen LogP contribution in [0.5, 0.6) is 0 Å². The Morgan fingerprint density at radius 2 is 1.87 bits per heavy atom. The maximum absolute atomic E-state index is 13.9. The van der Waals surface area contributed by atoms with Crippen LogP contribution in [0.4, 0.5) is 8.78 Å². The normalized spacial score (nSPS) is 12.3. The Labute approximate surface area is 132 Å². The van der Waals surface area contributed by atoms with E-state index in [0.29, 0.717) is 5.69 Å². The molecular formula is C18H16F2N2O. The van der Waals surface area contributed by atoms with Gasteiger partial charge in [-0.05, 0) is 37.3 Å². The number of amides is 1. The summed E-state index contributed by atoms with van der Waals surface area (Å²) >= 11 is 0. The molecule has 2 aromatic carbocycles. The maximum Gasteiger partial charge on any atom is 0.270 e. The van der Waals surface area contributed by atoms with Gasteiger partial charge in [0, 0.05) is 23.5 Å². The molecule has 0 bridgehead atoms. The fraction of sp³-hybridized carbons (Fsp3) is 0.167. The molecule has 3 nitrogen and oxygen atoms in total. The summed E-state index contributed by atoms with van der Waals surface area (Å²) in [7, 11) is 1.57. The molecule has 0 radical (unpaired) electrons. The van der Waals surface area contributed by atoms with Gasteiger partial charge in [0.25, 0.3) is 5.91 Å². The predicted octanol–water partition coefficient (Wildman–Crippen LogP) is 4.28. The molecule has 1 heterocycles. The fourth-order valence-electron chi connectivity index (χ4n) is 2.60. The van der Waals surface area contributed by atoms with Crippen molar-refractivity contribution in [2.45, 2.75) is 13.0 Å². The van der Waals surface area contributed by atoms with E-state index in [0.717, 1.165) is 29.1 Å². The second-order valence-electron chi connectivity index (χ2n) is 5.53. The number of carbonyl (C=O) groups is 1. The Balaban J connectivity index is 1.90. The molecule has 0 saturated carbocycles. The fourth-order valence-corrected chi connectivity index (χ4v) is 2.60. The molecule has 1 N–H and O–H groups in total. The van der Waals surface area contributed by atoms with Crippen LogP contribution in [0.2, 0.25) is 0 Å². The van der Waals surface area contributed by atoms with Crippen molar-refractivity contribution in [3.05, 3.63) is 71.4 Å². The van der Waals surface area contributed by atoms with Crippen LogP contribution in [0.15, 0.2) is 48.5 Å². The minimum atomic E-state index is -0.593. The van der Waals surface area contributed by atoms with Crippen molar-refractivity contribution < 1.29 is 13.6 Å². The number of carbonyl (C=O) groups excluding carboxylic acids is 1. The lowest BCUT2D eigenvalue weighted by atomic mass is 10.1. The molecule has 1 unspecified atom stereocenters. The van der Waals surface area contributed by atoms with Crippen LogP contribution in [-0.2, 0) is 0 Å². The number of halogens is 2. The van der Waals surface area contributed by atoms with Gasteiger partial charge in [-0.1, -0.05) is 18.2 Å². The molecular weight excluding hydrogens is 298 g/mol. The predicted molar refractivity (Wildman–Crippen MR) is 85.2 cm³/mol. The number of rotatable bonds is 3. The Morgan fingerprint density at radius 1 is 1.13 bits per heavy atom. The Morgan fingerprint density at radius 3 is 2.61 bits per heavy atom. The van der Waals surface area contributed by atoms with Crippen LogP contribution in [0.3, 0.4) is 0 Å². The minimum Gasteiger partial charge on any atom is -0.351 e. The summed E-state index contributed by atoms with van der Waals surface area (Å²) in [5.41, 5.74) is 1.42. The number of hydrogen-bond acceptors (Lipinski definition) is 1. The average molecular weight is 314 g/mol. The quantitative estimate of drug-likeness (QED) is 0.769. The number of nitrogens with zero attached hydrogens (tertiary/aromatic N) is 1. The van der Waals surface area contributed by atoms with Crippen LogP contribution >= 0.6 is 0 Å². The molecule has 0 spiro atoms. The highest BCUT2D eigenvalue weighted by Crippen LogP contribution is 2.25. The van der Waals surface area contributed by atoms with Gasteiger partial charge < -0.3 is 9.88 Å². The number of fused-ring (bicyclic) bond motifs is 1. The number of aromatic amines is 1. The summed E-state index contributed by atoms with van der Waals surface area (Å²) in [5.74, 6) is -1.34.